The number of carboxylic acids is 1. The molecule has 0 aromatic carbocycles. The number of rotatable bonds is 6. The van der Waals surface area contributed by atoms with Crippen molar-refractivity contribution in [3.05, 3.63) is 25.3 Å². The summed E-state index contributed by atoms with van der Waals surface area (Å²) < 4.78 is 5.16. The number of hydrogen-bond donors (Lipinski definition) is 1. The Morgan fingerprint density at radius 2 is 2.00 bits per heavy atom. The van der Waals surface area contributed by atoms with Gasteiger partial charge in [0, 0.05) is 33.2 Å². The Morgan fingerprint density at radius 1 is 1.42 bits per heavy atom. The molecule has 0 aromatic rings. The average molecular weight is 268 g/mol. The molecule has 0 radical (unpaired) electrons. The number of nitrogens with zero attached hydrogens (tertiary/aromatic N) is 2. The van der Waals surface area contributed by atoms with E-state index < -0.39 is 12.0 Å². The van der Waals surface area contributed by atoms with Gasteiger partial charge in [-0.3, -0.25) is 0 Å². The van der Waals surface area contributed by atoms with Crippen molar-refractivity contribution < 1.29 is 19.4 Å². The third-order valence-electron chi connectivity index (χ3n) is 3.10. The number of likely N-dealkylation sites (tertiary alicyclic amines) is 1. The van der Waals surface area contributed by atoms with Crippen LogP contribution in [0.4, 0.5) is 4.79 Å². The Morgan fingerprint density at radius 3 is 2.42 bits per heavy atom. The Balaban J connectivity index is 2.84. The number of urea groups is 1. The van der Waals surface area contributed by atoms with Gasteiger partial charge in [0.2, 0.25) is 0 Å². The highest BCUT2D eigenvalue weighted by Crippen LogP contribution is 2.21. The highest BCUT2D eigenvalue weighted by Gasteiger charge is 2.41. The van der Waals surface area contributed by atoms with Crippen molar-refractivity contribution in [1.29, 1.82) is 0 Å². The van der Waals surface area contributed by atoms with E-state index in [1.54, 1.807) is 12.2 Å². The van der Waals surface area contributed by atoms with E-state index in [9.17, 15) is 14.7 Å². The van der Waals surface area contributed by atoms with Gasteiger partial charge in [0.15, 0.2) is 0 Å². The molecule has 0 bridgehead atoms. The van der Waals surface area contributed by atoms with Crippen molar-refractivity contribution in [3.63, 3.8) is 0 Å². The van der Waals surface area contributed by atoms with Gasteiger partial charge < -0.3 is 19.6 Å². The minimum absolute atomic E-state index is 0.237. The number of aliphatic carboxylic acids is 1. The van der Waals surface area contributed by atoms with Crippen LogP contribution < -0.4 is 0 Å². The number of carbonyl (C=O) groups excluding carboxylic acids is 1. The third kappa shape index (κ3) is 3.57. The van der Waals surface area contributed by atoms with Crippen LogP contribution in [0.25, 0.3) is 0 Å². The summed E-state index contributed by atoms with van der Waals surface area (Å²) in [6, 6.07) is -1.17. The molecule has 2 atom stereocenters. The van der Waals surface area contributed by atoms with Crippen LogP contribution in [0.3, 0.4) is 0 Å². The van der Waals surface area contributed by atoms with Gasteiger partial charge in [-0.05, 0) is 0 Å². The molecule has 0 saturated carbocycles. The summed E-state index contributed by atoms with van der Waals surface area (Å²) in [5.74, 6) is -1.01. The summed E-state index contributed by atoms with van der Waals surface area (Å²) in [6.45, 7) is 8.17. The number of amides is 2. The zero-order valence-corrected chi connectivity index (χ0v) is 11.1. The van der Waals surface area contributed by atoms with Crippen LogP contribution in [0, 0.1) is 0 Å². The van der Waals surface area contributed by atoms with E-state index >= 15 is 0 Å². The molecule has 1 saturated heterocycles. The van der Waals surface area contributed by atoms with Gasteiger partial charge in [-0.25, -0.2) is 9.59 Å². The number of methoxy groups -OCH3 is 1. The van der Waals surface area contributed by atoms with E-state index in [2.05, 4.69) is 13.2 Å². The van der Waals surface area contributed by atoms with Gasteiger partial charge in [0.05, 0.1) is 6.10 Å². The second-order valence-electron chi connectivity index (χ2n) is 4.36. The lowest BCUT2D eigenvalue weighted by atomic mass is 10.2. The van der Waals surface area contributed by atoms with E-state index in [1.807, 2.05) is 0 Å². The molecule has 2 unspecified atom stereocenters. The summed E-state index contributed by atoms with van der Waals surface area (Å²) in [5.41, 5.74) is 0. The van der Waals surface area contributed by atoms with Crippen molar-refractivity contribution in [2.45, 2.75) is 18.6 Å². The van der Waals surface area contributed by atoms with E-state index in [0.29, 0.717) is 19.5 Å². The van der Waals surface area contributed by atoms with E-state index in [0.717, 1.165) is 0 Å². The molecule has 6 nitrogen and oxygen atoms in total. The predicted octanol–water partition coefficient (Wildman–Crippen LogP) is 0.954. The van der Waals surface area contributed by atoms with Crippen LogP contribution in [-0.4, -0.2) is 65.8 Å². The van der Waals surface area contributed by atoms with E-state index in [4.69, 9.17) is 4.74 Å². The van der Waals surface area contributed by atoms with Crippen LogP contribution in [0.2, 0.25) is 0 Å². The molecular formula is C13H20N2O4. The molecule has 1 aliphatic rings. The lowest BCUT2D eigenvalue weighted by Gasteiger charge is -2.28. The highest BCUT2D eigenvalue weighted by molar-refractivity contribution is 5.83. The van der Waals surface area contributed by atoms with E-state index in [-0.39, 0.29) is 18.7 Å². The van der Waals surface area contributed by atoms with Gasteiger partial charge in [-0.2, -0.15) is 0 Å². The minimum Gasteiger partial charge on any atom is -0.480 e. The molecule has 1 N–H and O–H groups in total. The summed E-state index contributed by atoms with van der Waals surface area (Å²) in [5, 5.41) is 9.18. The first-order valence-electron chi connectivity index (χ1n) is 6.08. The quantitative estimate of drug-likeness (QED) is 0.728. The van der Waals surface area contributed by atoms with E-state index in [1.165, 1.54) is 16.9 Å². The fourth-order valence-corrected chi connectivity index (χ4v) is 2.14. The molecule has 1 rings (SSSR count). The van der Waals surface area contributed by atoms with Gasteiger partial charge in [-0.15, -0.1) is 13.2 Å². The zero-order valence-electron chi connectivity index (χ0n) is 11.1. The van der Waals surface area contributed by atoms with Gasteiger partial charge in [0.1, 0.15) is 6.04 Å². The Labute approximate surface area is 112 Å². The van der Waals surface area contributed by atoms with Crippen molar-refractivity contribution >= 4 is 12.0 Å². The first-order chi connectivity index (χ1) is 9.04. The smallest absolute Gasteiger partial charge is 0.326 e. The molecule has 1 fully saturated rings. The monoisotopic (exact) mass is 268 g/mol. The van der Waals surface area contributed by atoms with Crippen LogP contribution in [0.1, 0.15) is 6.42 Å². The Hall–Kier alpha value is -1.82. The Kier molecular flexibility index (Phi) is 5.57. The molecule has 0 spiro atoms. The first kappa shape index (κ1) is 15.2. The van der Waals surface area contributed by atoms with Gasteiger partial charge in [0.25, 0.3) is 0 Å². The maximum Gasteiger partial charge on any atom is 0.326 e. The van der Waals surface area contributed by atoms with Crippen LogP contribution >= 0.6 is 0 Å². The third-order valence-corrected chi connectivity index (χ3v) is 3.10. The normalized spacial score (nSPS) is 22.1. The maximum atomic E-state index is 12.3. The molecule has 1 aliphatic heterocycles. The van der Waals surface area contributed by atoms with Crippen LogP contribution in [0.5, 0.6) is 0 Å². The average Bonchev–Trinajstić information content (AvgIpc) is 2.82. The fourth-order valence-electron chi connectivity index (χ4n) is 2.14. The molecule has 0 aliphatic carbocycles. The Bertz CT molecular complexity index is 360. The van der Waals surface area contributed by atoms with Gasteiger partial charge in [-0.1, -0.05) is 12.2 Å². The lowest BCUT2D eigenvalue weighted by Crippen LogP contribution is -2.48. The van der Waals surface area contributed by atoms with Crippen LogP contribution in [-0.2, 0) is 9.53 Å². The molecule has 1 heterocycles. The van der Waals surface area contributed by atoms with Crippen LogP contribution in [0.15, 0.2) is 25.3 Å². The van der Waals surface area contributed by atoms with Crippen molar-refractivity contribution in [2.24, 2.45) is 0 Å². The molecule has 0 aromatic heterocycles. The summed E-state index contributed by atoms with van der Waals surface area (Å²) in [6.07, 6.45) is 3.27. The molecular weight excluding hydrogens is 248 g/mol. The fraction of sp³-hybridized carbons (Fsp3) is 0.538. The first-order valence-corrected chi connectivity index (χ1v) is 6.08. The lowest BCUT2D eigenvalue weighted by molar-refractivity contribution is -0.141. The molecule has 106 valence electrons. The van der Waals surface area contributed by atoms with Crippen molar-refractivity contribution in [1.82, 2.24) is 9.80 Å². The number of ether oxygens (including phenoxy) is 1. The molecule has 19 heavy (non-hydrogen) atoms. The maximum absolute atomic E-state index is 12.3. The largest absolute Gasteiger partial charge is 0.480 e. The standard InChI is InChI=1S/C13H20N2O4/c1-4-6-14(7-5-2)13(18)15-9-10(19-3)8-11(15)12(16)17/h4-5,10-11H,1-2,6-9H2,3H3,(H,16,17). The zero-order chi connectivity index (χ0) is 14.4. The van der Waals surface area contributed by atoms with Gasteiger partial charge >= 0.3 is 12.0 Å². The second-order valence-corrected chi connectivity index (χ2v) is 4.36. The predicted molar refractivity (Wildman–Crippen MR) is 70.9 cm³/mol. The topological polar surface area (TPSA) is 70.1 Å². The summed E-state index contributed by atoms with van der Waals surface area (Å²) in [7, 11) is 1.52. The molecule has 6 heteroatoms. The SMILES string of the molecule is C=CCN(CC=C)C(=O)N1CC(OC)CC1C(=O)O. The summed E-state index contributed by atoms with van der Waals surface area (Å²) >= 11 is 0. The minimum atomic E-state index is -1.01. The van der Waals surface area contributed by atoms with Crippen molar-refractivity contribution in [2.75, 3.05) is 26.7 Å². The molecule has 2 amide bonds. The second kappa shape index (κ2) is 6.94. The number of carbonyl (C=O) groups is 2. The number of hydrogen-bond acceptors (Lipinski definition) is 3. The number of carboxylic acid groups (broad SMARTS) is 1. The highest BCUT2D eigenvalue weighted by atomic mass is 16.5. The summed E-state index contributed by atoms with van der Waals surface area (Å²) in [4.78, 5) is 26.4. The van der Waals surface area contributed by atoms with Crippen molar-refractivity contribution in [3.8, 4) is 0 Å².